The van der Waals surface area contributed by atoms with E-state index in [-0.39, 0.29) is 24.4 Å². The van der Waals surface area contributed by atoms with Crippen LogP contribution < -0.4 is 10.1 Å². The lowest BCUT2D eigenvalue weighted by atomic mass is 10.1. The molecule has 4 rings (SSSR count). The minimum absolute atomic E-state index is 0. The zero-order valence-corrected chi connectivity index (χ0v) is 17.6. The summed E-state index contributed by atoms with van der Waals surface area (Å²) in [5.74, 6) is 1.06. The number of amides is 1. The molecule has 2 aliphatic rings. The van der Waals surface area contributed by atoms with Gasteiger partial charge in [-0.3, -0.25) is 14.7 Å². The summed E-state index contributed by atoms with van der Waals surface area (Å²) in [6, 6.07) is 12.6. The number of hydrogen-bond acceptors (Lipinski definition) is 5. The highest BCUT2D eigenvalue weighted by molar-refractivity contribution is 5.85. The Morgan fingerprint density at radius 3 is 2.72 bits per heavy atom. The molecule has 7 heteroatoms. The van der Waals surface area contributed by atoms with Crippen LogP contribution in [0.25, 0.3) is 0 Å². The van der Waals surface area contributed by atoms with Gasteiger partial charge in [0, 0.05) is 50.7 Å². The Morgan fingerprint density at radius 1 is 1.28 bits per heavy atom. The number of carbonyl (C=O) groups is 1. The number of nitrogens with one attached hydrogen (secondary N) is 1. The Bertz CT molecular complexity index is 783. The molecule has 6 nitrogen and oxygen atoms in total. The first-order chi connectivity index (χ1) is 13.7. The maximum absolute atomic E-state index is 13.2. The summed E-state index contributed by atoms with van der Waals surface area (Å²) < 4.78 is 5.24. The second kappa shape index (κ2) is 10.1. The van der Waals surface area contributed by atoms with Crippen molar-refractivity contribution in [2.24, 2.45) is 0 Å². The molecule has 1 aliphatic heterocycles. The third-order valence-electron chi connectivity index (χ3n) is 5.58. The Hall–Kier alpha value is -2.15. The topological polar surface area (TPSA) is 57.7 Å². The summed E-state index contributed by atoms with van der Waals surface area (Å²) in [6.45, 7) is 3.74. The number of hydrogen-bond donors (Lipinski definition) is 1. The fraction of sp³-hybridized carbons (Fsp3) is 0.455. The van der Waals surface area contributed by atoms with E-state index in [4.69, 9.17) is 4.74 Å². The molecule has 156 valence electrons. The van der Waals surface area contributed by atoms with Gasteiger partial charge in [0.2, 0.25) is 5.91 Å². The van der Waals surface area contributed by atoms with Gasteiger partial charge in [-0.1, -0.05) is 18.2 Å². The number of aromatic nitrogens is 1. The molecule has 1 saturated carbocycles. The Morgan fingerprint density at radius 2 is 2.07 bits per heavy atom. The number of halogens is 1. The van der Waals surface area contributed by atoms with Crippen LogP contribution in [0.3, 0.4) is 0 Å². The summed E-state index contributed by atoms with van der Waals surface area (Å²) in [5, 5.41) is 3.45. The van der Waals surface area contributed by atoms with E-state index >= 15 is 0 Å². The molecule has 1 unspecified atom stereocenters. The van der Waals surface area contributed by atoms with Crippen LogP contribution in [0.1, 0.15) is 30.0 Å². The number of pyridine rings is 1. The second-order valence-corrected chi connectivity index (χ2v) is 7.58. The van der Waals surface area contributed by atoms with Crippen LogP contribution in [0.15, 0.2) is 48.8 Å². The first-order valence-corrected chi connectivity index (χ1v) is 10.0. The summed E-state index contributed by atoms with van der Waals surface area (Å²) in [7, 11) is 1.67. The number of carbonyl (C=O) groups excluding carboxylic acids is 1. The van der Waals surface area contributed by atoms with E-state index in [1.165, 1.54) is 0 Å². The van der Waals surface area contributed by atoms with E-state index < -0.39 is 0 Å². The normalized spacial score (nSPS) is 19.3. The lowest BCUT2D eigenvalue weighted by Gasteiger charge is -2.37. The largest absolute Gasteiger partial charge is 0.497 e. The number of nitrogens with zero attached hydrogens (tertiary/aromatic N) is 3. The summed E-state index contributed by atoms with van der Waals surface area (Å²) >= 11 is 0. The zero-order chi connectivity index (χ0) is 19.3. The second-order valence-electron chi connectivity index (χ2n) is 7.58. The van der Waals surface area contributed by atoms with Gasteiger partial charge in [0.1, 0.15) is 5.75 Å². The van der Waals surface area contributed by atoms with E-state index in [0.29, 0.717) is 19.1 Å². The summed E-state index contributed by atoms with van der Waals surface area (Å²) in [4.78, 5) is 21.8. The van der Waals surface area contributed by atoms with E-state index in [1.807, 2.05) is 36.5 Å². The smallest absolute Gasteiger partial charge is 0.237 e. The predicted molar refractivity (Wildman–Crippen MR) is 115 cm³/mol. The quantitative estimate of drug-likeness (QED) is 0.752. The zero-order valence-electron chi connectivity index (χ0n) is 16.8. The van der Waals surface area contributed by atoms with Crippen LogP contribution in [0.5, 0.6) is 5.75 Å². The van der Waals surface area contributed by atoms with Gasteiger partial charge in [-0.25, -0.2) is 0 Å². The monoisotopic (exact) mass is 416 g/mol. The van der Waals surface area contributed by atoms with Crippen LogP contribution in [-0.4, -0.2) is 60.0 Å². The van der Waals surface area contributed by atoms with Crippen molar-refractivity contribution in [1.82, 2.24) is 20.1 Å². The first kappa shape index (κ1) is 21.6. The molecule has 0 radical (unpaired) electrons. The van der Waals surface area contributed by atoms with Gasteiger partial charge in [-0.2, -0.15) is 0 Å². The predicted octanol–water partition coefficient (Wildman–Crippen LogP) is 2.65. The minimum atomic E-state index is 0. The number of piperazine rings is 1. The van der Waals surface area contributed by atoms with Crippen molar-refractivity contribution < 1.29 is 9.53 Å². The third kappa shape index (κ3) is 5.47. The van der Waals surface area contributed by atoms with Crippen molar-refractivity contribution in [3.05, 3.63) is 59.9 Å². The Balaban J connectivity index is 0.00000240. The maximum Gasteiger partial charge on any atom is 0.237 e. The molecular weight excluding hydrogens is 388 g/mol. The van der Waals surface area contributed by atoms with E-state index in [2.05, 4.69) is 26.2 Å². The summed E-state index contributed by atoms with van der Waals surface area (Å²) in [6.07, 6.45) is 5.91. The van der Waals surface area contributed by atoms with Crippen molar-refractivity contribution in [3.8, 4) is 5.75 Å². The van der Waals surface area contributed by atoms with Gasteiger partial charge in [-0.15, -0.1) is 12.4 Å². The van der Waals surface area contributed by atoms with E-state index in [9.17, 15) is 4.79 Å². The van der Waals surface area contributed by atoms with Crippen LogP contribution in [0.2, 0.25) is 0 Å². The SMILES string of the molecule is COc1ccc(CN(C(=O)CN2CCNCC2c2cccnc2)C2CC2)cc1.Cl. The highest BCUT2D eigenvalue weighted by Crippen LogP contribution is 2.30. The molecular formula is C22H29ClN4O2. The fourth-order valence-electron chi connectivity index (χ4n) is 3.84. The molecule has 0 spiro atoms. The van der Waals surface area contributed by atoms with Crippen molar-refractivity contribution in [1.29, 1.82) is 0 Å². The number of benzene rings is 1. The number of rotatable bonds is 7. The molecule has 1 aromatic carbocycles. The molecule has 1 atom stereocenters. The lowest BCUT2D eigenvalue weighted by Crippen LogP contribution is -2.50. The van der Waals surface area contributed by atoms with Gasteiger partial charge in [0.25, 0.3) is 0 Å². The van der Waals surface area contributed by atoms with Gasteiger partial charge < -0.3 is 15.0 Å². The fourth-order valence-corrected chi connectivity index (χ4v) is 3.84. The minimum Gasteiger partial charge on any atom is -0.497 e. The van der Waals surface area contributed by atoms with Crippen LogP contribution >= 0.6 is 12.4 Å². The molecule has 2 fully saturated rings. The van der Waals surface area contributed by atoms with Crippen molar-refractivity contribution in [3.63, 3.8) is 0 Å². The van der Waals surface area contributed by atoms with Crippen LogP contribution in [0, 0.1) is 0 Å². The number of methoxy groups -OCH3 is 1. The summed E-state index contributed by atoms with van der Waals surface area (Å²) in [5.41, 5.74) is 2.31. The van der Waals surface area contributed by atoms with Crippen molar-refractivity contribution in [2.45, 2.75) is 31.5 Å². The molecule has 1 N–H and O–H groups in total. The van der Waals surface area contributed by atoms with Gasteiger partial charge >= 0.3 is 0 Å². The number of ether oxygens (including phenoxy) is 1. The average molecular weight is 417 g/mol. The van der Waals surface area contributed by atoms with Crippen molar-refractivity contribution >= 4 is 18.3 Å². The molecule has 1 aromatic heterocycles. The lowest BCUT2D eigenvalue weighted by molar-refractivity contribution is -0.134. The molecule has 29 heavy (non-hydrogen) atoms. The Kier molecular flexibility index (Phi) is 7.47. The molecule has 2 heterocycles. The molecule has 0 bridgehead atoms. The van der Waals surface area contributed by atoms with Gasteiger partial charge in [0.05, 0.1) is 13.7 Å². The third-order valence-corrected chi connectivity index (χ3v) is 5.58. The first-order valence-electron chi connectivity index (χ1n) is 10.0. The molecule has 1 saturated heterocycles. The van der Waals surface area contributed by atoms with E-state index in [1.54, 1.807) is 13.3 Å². The van der Waals surface area contributed by atoms with Crippen molar-refractivity contribution in [2.75, 3.05) is 33.3 Å². The highest BCUT2D eigenvalue weighted by atomic mass is 35.5. The maximum atomic E-state index is 13.2. The van der Waals surface area contributed by atoms with E-state index in [0.717, 1.165) is 49.4 Å². The highest BCUT2D eigenvalue weighted by Gasteiger charge is 2.34. The Labute approximate surface area is 178 Å². The van der Waals surface area contributed by atoms with Crippen LogP contribution in [-0.2, 0) is 11.3 Å². The van der Waals surface area contributed by atoms with Gasteiger partial charge in [-0.05, 0) is 42.2 Å². The average Bonchev–Trinajstić information content (AvgIpc) is 3.58. The standard InChI is InChI=1S/C22H28N4O2.ClH/c1-28-20-8-4-17(5-9-20)15-26(19-6-7-19)22(27)16-25-12-11-24-14-21(25)18-3-2-10-23-13-18;/h2-5,8-10,13,19,21,24H,6-7,11-12,14-16H2,1H3;1H. The van der Waals surface area contributed by atoms with Gasteiger partial charge in [0.15, 0.2) is 0 Å². The van der Waals surface area contributed by atoms with Crippen LogP contribution in [0.4, 0.5) is 0 Å². The molecule has 1 amide bonds. The molecule has 1 aliphatic carbocycles. The molecule has 2 aromatic rings.